The standard InChI is InChI=1S/C19H22FN3O/c20-18-4-2-1-3-17(18)13-22-19(24)14-23-11-7-16(8-12-23)15-5-9-21-10-6-15/h1-6,9-10,16H,7-8,11-14H2,(H,22,24). The zero-order valence-corrected chi connectivity index (χ0v) is 13.6. The number of amides is 1. The van der Waals surface area contributed by atoms with E-state index in [9.17, 15) is 9.18 Å². The van der Waals surface area contributed by atoms with Crippen molar-refractivity contribution >= 4 is 5.91 Å². The van der Waals surface area contributed by atoms with Gasteiger partial charge in [-0.05, 0) is 55.6 Å². The van der Waals surface area contributed by atoms with Crippen LogP contribution in [0.4, 0.5) is 4.39 Å². The average molecular weight is 327 g/mol. The molecule has 0 spiro atoms. The molecule has 126 valence electrons. The van der Waals surface area contributed by atoms with E-state index in [1.165, 1.54) is 11.6 Å². The van der Waals surface area contributed by atoms with Crippen LogP contribution >= 0.6 is 0 Å². The van der Waals surface area contributed by atoms with Crippen LogP contribution in [0.25, 0.3) is 0 Å². The van der Waals surface area contributed by atoms with Crippen molar-refractivity contribution in [2.24, 2.45) is 0 Å². The highest BCUT2D eigenvalue weighted by Crippen LogP contribution is 2.27. The number of aromatic nitrogens is 1. The molecule has 0 saturated carbocycles. The maximum Gasteiger partial charge on any atom is 0.234 e. The monoisotopic (exact) mass is 327 g/mol. The minimum Gasteiger partial charge on any atom is -0.351 e. The van der Waals surface area contributed by atoms with Gasteiger partial charge in [-0.3, -0.25) is 14.7 Å². The number of carbonyl (C=O) groups excluding carboxylic acids is 1. The third-order valence-electron chi connectivity index (χ3n) is 4.57. The van der Waals surface area contributed by atoms with Gasteiger partial charge >= 0.3 is 0 Å². The summed E-state index contributed by atoms with van der Waals surface area (Å²) in [5.41, 5.74) is 1.84. The summed E-state index contributed by atoms with van der Waals surface area (Å²) in [5, 5.41) is 2.80. The number of hydrogen-bond donors (Lipinski definition) is 1. The van der Waals surface area contributed by atoms with E-state index in [4.69, 9.17) is 0 Å². The van der Waals surface area contributed by atoms with E-state index in [2.05, 4.69) is 27.3 Å². The average Bonchev–Trinajstić information content (AvgIpc) is 2.62. The van der Waals surface area contributed by atoms with Crippen LogP contribution in [-0.4, -0.2) is 35.4 Å². The summed E-state index contributed by atoms with van der Waals surface area (Å²) in [5.74, 6) is 0.210. The lowest BCUT2D eigenvalue weighted by Crippen LogP contribution is -2.41. The Hall–Kier alpha value is -2.27. The van der Waals surface area contributed by atoms with Crippen LogP contribution in [0.2, 0.25) is 0 Å². The molecule has 1 fully saturated rings. The molecular weight excluding hydrogens is 305 g/mol. The van der Waals surface area contributed by atoms with Crippen LogP contribution in [0.5, 0.6) is 0 Å². The fourth-order valence-electron chi connectivity index (χ4n) is 3.15. The van der Waals surface area contributed by atoms with Gasteiger partial charge in [0.1, 0.15) is 5.82 Å². The van der Waals surface area contributed by atoms with Crippen molar-refractivity contribution in [3.05, 3.63) is 65.7 Å². The molecule has 1 aromatic heterocycles. The Kier molecular flexibility index (Phi) is 5.54. The first-order valence-electron chi connectivity index (χ1n) is 8.35. The zero-order valence-electron chi connectivity index (χ0n) is 13.6. The van der Waals surface area contributed by atoms with E-state index in [1.807, 2.05) is 12.4 Å². The van der Waals surface area contributed by atoms with Crippen LogP contribution in [0, 0.1) is 5.82 Å². The number of nitrogens with zero attached hydrogens (tertiary/aromatic N) is 2. The summed E-state index contributed by atoms with van der Waals surface area (Å²) < 4.78 is 13.5. The van der Waals surface area contributed by atoms with Gasteiger partial charge in [-0.2, -0.15) is 0 Å². The van der Waals surface area contributed by atoms with Crippen molar-refractivity contribution < 1.29 is 9.18 Å². The number of benzene rings is 1. The van der Waals surface area contributed by atoms with Gasteiger partial charge < -0.3 is 5.32 Å². The third kappa shape index (κ3) is 4.38. The summed E-state index contributed by atoms with van der Waals surface area (Å²) in [7, 11) is 0. The molecule has 0 radical (unpaired) electrons. The van der Waals surface area contributed by atoms with Crippen molar-refractivity contribution in [2.75, 3.05) is 19.6 Å². The van der Waals surface area contributed by atoms with E-state index in [-0.39, 0.29) is 18.3 Å². The lowest BCUT2D eigenvalue weighted by molar-refractivity contribution is -0.122. The second-order valence-electron chi connectivity index (χ2n) is 6.20. The fraction of sp³-hybridized carbons (Fsp3) is 0.368. The molecule has 3 rings (SSSR count). The first kappa shape index (κ1) is 16.6. The van der Waals surface area contributed by atoms with E-state index in [1.54, 1.807) is 18.2 Å². The smallest absolute Gasteiger partial charge is 0.234 e. The number of carbonyl (C=O) groups is 1. The van der Waals surface area contributed by atoms with Crippen molar-refractivity contribution in [3.8, 4) is 0 Å². The maximum atomic E-state index is 13.5. The van der Waals surface area contributed by atoms with Crippen LogP contribution < -0.4 is 5.32 Å². The van der Waals surface area contributed by atoms with Gasteiger partial charge in [-0.15, -0.1) is 0 Å². The quantitative estimate of drug-likeness (QED) is 0.918. The Morgan fingerprint density at radius 2 is 1.88 bits per heavy atom. The summed E-state index contributed by atoms with van der Waals surface area (Å²) in [6, 6.07) is 10.7. The van der Waals surface area contributed by atoms with Crippen molar-refractivity contribution in [3.63, 3.8) is 0 Å². The van der Waals surface area contributed by atoms with Gasteiger partial charge in [0.25, 0.3) is 0 Å². The minimum absolute atomic E-state index is 0.0550. The molecule has 1 aliphatic rings. The number of piperidine rings is 1. The fourth-order valence-corrected chi connectivity index (χ4v) is 3.15. The van der Waals surface area contributed by atoms with Gasteiger partial charge in [0, 0.05) is 24.5 Å². The highest BCUT2D eigenvalue weighted by molar-refractivity contribution is 5.78. The first-order chi connectivity index (χ1) is 11.7. The Bertz CT molecular complexity index is 669. The van der Waals surface area contributed by atoms with E-state index in [0.29, 0.717) is 18.0 Å². The van der Waals surface area contributed by atoms with Crippen LogP contribution in [-0.2, 0) is 11.3 Å². The second-order valence-corrected chi connectivity index (χ2v) is 6.20. The number of halogens is 1. The Labute approximate surface area is 141 Å². The highest BCUT2D eigenvalue weighted by Gasteiger charge is 2.21. The predicted molar refractivity (Wildman–Crippen MR) is 90.9 cm³/mol. The van der Waals surface area contributed by atoms with Crippen LogP contribution in [0.1, 0.15) is 29.9 Å². The number of likely N-dealkylation sites (tertiary alicyclic amines) is 1. The molecule has 4 nitrogen and oxygen atoms in total. The zero-order chi connectivity index (χ0) is 16.8. The van der Waals surface area contributed by atoms with Crippen molar-refractivity contribution in [1.29, 1.82) is 0 Å². The van der Waals surface area contributed by atoms with Gasteiger partial charge in [0.2, 0.25) is 5.91 Å². The van der Waals surface area contributed by atoms with Crippen molar-refractivity contribution in [1.82, 2.24) is 15.2 Å². The molecule has 1 amide bonds. The van der Waals surface area contributed by atoms with E-state index >= 15 is 0 Å². The van der Waals surface area contributed by atoms with E-state index < -0.39 is 0 Å². The van der Waals surface area contributed by atoms with Gasteiger partial charge in [0.05, 0.1) is 6.54 Å². The summed E-state index contributed by atoms with van der Waals surface area (Å²) in [6.07, 6.45) is 5.75. The molecule has 0 atom stereocenters. The lowest BCUT2D eigenvalue weighted by atomic mass is 9.90. The van der Waals surface area contributed by atoms with Gasteiger partial charge in [-0.25, -0.2) is 4.39 Å². The largest absolute Gasteiger partial charge is 0.351 e. The minimum atomic E-state index is -0.282. The highest BCUT2D eigenvalue weighted by atomic mass is 19.1. The summed E-state index contributed by atoms with van der Waals surface area (Å²) in [6.45, 7) is 2.41. The number of rotatable bonds is 5. The molecular formula is C19H22FN3O. The molecule has 2 aromatic rings. The van der Waals surface area contributed by atoms with Gasteiger partial charge in [-0.1, -0.05) is 18.2 Å². The maximum absolute atomic E-state index is 13.5. The van der Waals surface area contributed by atoms with E-state index in [0.717, 1.165) is 25.9 Å². The molecule has 0 unspecified atom stereocenters. The summed E-state index contributed by atoms with van der Waals surface area (Å²) in [4.78, 5) is 18.3. The number of hydrogen-bond acceptors (Lipinski definition) is 3. The summed E-state index contributed by atoms with van der Waals surface area (Å²) >= 11 is 0. The third-order valence-corrected chi connectivity index (χ3v) is 4.57. The number of nitrogens with one attached hydrogen (secondary N) is 1. The molecule has 1 aliphatic heterocycles. The molecule has 1 saturated heterocycles. The predicted octanol–water partition coefficient (Wildman–Crippen LogP) is 2.72. The van der Waals surface area contributed by atoms with Crippen LogP contribution in [0.15, 0.2) is 48.8 Å². The molecule has 1 aromatic carbocycles. The first-order valence-corrected chi connectivity index (χ1v) is 8.35. The number of pyridine rings is 1. The Balaban J connectivity index is 1.43. The molecule has 5 heteroatoms. The lowest BCUT2D eigenvalue weighted by Gasteiger charge is -2.31. The normalized spacial score (nSPS) is 16.0. The Morgan fingerprint density at radius 3 is 2.58 bits per heavy atom. The van der Waals surface area contributed by atoms with Crippen LogP contribution in [0.3, 0.4) is 0 Å². The molecule has 24 heavy (non-hydrogen) atoms. The molecule has 2 heterocycles. The van der Waals surface area contributed by atoms with Gasteiger partial charge in [0.15, 0.2) is 0 Å². The topological polar surface area (TPSA) is 45.2 Å². The second kappa shape index (κ2) is 8.02. The molecule has 0 aliphatic carbocycles. The Morgan fingerprint density at radius 1 is 1.17 bits per heavy atom. The SMILES string of the molecule is O=C(CN1CCC(c2ccncc2)CC1)NCc1ccccc1F. The molecule has 1 N–H and O–H groups in total. The molecule has 0 bridgehead atoms. The van der Waals surface area contributed by atoms with Crippen molar-refractivity contribution in [2.45, 2.75) is 25.3 Å².